The number of carbonyl (C=O) groups excluding carboxylic acids is 1. The lowest BCUT2D eigenvalue weighted by molar-refractivity contribution is -0.126. The highest BCUT2D eigenvalue weighted by Crippen LogP contribution is 2.33. The SMILES string of the molecule is C.CC(C)(N)C(=O)N[C@H](COCc1ccccc1)c1nnc2c(-c3ccccc3Cl)cc(Cl)cn12. The zero-order valence-electron chi connectivity index (χ0n) is 18.8. The summed E-state index contributed by atoms with van der Waals surface area (Å²) in [6, 6.07) is 18.4. The molecule has 0 aliphatic heterocycles. The lowest BCUT2D eigenvalue weighted by Crippen LogP contribution is -2.50. The van der Waals surface area contributed by atoms with Gasteiger partial charge in [0.15, 0.2) is 11.5 Å². The third-order valence-electron chi connectivity index (χ3n) is 5.26. The van der Waals surface area contributed by atoms with Gasteiger partial charge in [-0.05, 0) is 31.5 Å². The van der Waals surface area contributed by atoms with Gasteiger partial charge in [0, 0.05) is 22.3 Å². The molecule has 0 unspecified atom stereocenters. The zero-order chi connectivity index (χ0) is 24.3. The molecule has 9 heteroatoms. The lowest BCUT2D eigenvalue weighted by atomic mass is 10.1. The average Bonchev–Trinajstić information content (AvgIpc) is 3.22. The van der Waals surface area contributed by atoms with Crippen LogP contribution in [-0.2, 0) is 16.1 Å². The maximum atomic E-state index is 12.7. The van der Waals surface area contributed by atoms with Gasteiger partial charge in [0.1, 0.15) is 6.04 Å². The van der Waals surface area contributed by atoms with E-state index in [1.54, 1.807) is 36.6 Å². The number of fused-ring (bicyclic) bond motifs is 1. The van der Waals surface area contributed by atoms with Gasteiger partial charge in [0.25, 0.3) is 0 Å². The van der Waals surface area contributed by atoms with Gasteiger partial charge >= 0.3 is 0 Å². The number of amides is 1. The van der Waals surface area contributed by atoms with Crippen LogP contribution in [0.2, 0.25) is 10.0 Å². The minimum absolute atomic E-state index is 0. The monoisotopic (exact) mass is 513 g/mol. The molecule has 2 heterocycles. The average molecular weight is 514 g/mol. The summed E-state index contributed by atoms with van der Waals surface area (Å²) in [5, 5.41) is 12.8. The van der Waals surface area contributed by atoms with Gasteiger partial charge in [-0.2, -0.15) is 0 Å². The van der Waals surface area contributed by atoms with Crippen molar-refractivity contribution in [2.75, 3.05) is 6.61 Å². The van der Waals surface area contributed by atoms with E-state index in [1.165, 1.54) is 0 Å². The highest BCUT2D eigenvalue weighted by Gasteiger charge is 2.28. The molecular weight excluding hydrogens is 485 g/mol. The van der Waals surface area contributed by atoms with Crippen molar-refractivity contribution in [2.45, 2.75) is 39.5 Å². The number of aromatic nitrogens is 3. The molecule has 1 amide bonds. The summed E-state index contributed by atoms with van der Waals surface area (Å²) >= 11 is 12.9. The Bertz CT molecular complexity index is 1300. The Labute approximate surface area is 215 Å². The molecule has 0 saturated carbocycles. The number of rotatable bonds is 8. The third-order valence-corrected chi connectivity index (χ3v) is 5.80. The molecule has 184 valence electrons. The highest BCUT2D eigenvalue weighted by atomic mass is 35.5. The van der Waals surface area contributed by atoms with Crippen molar-refractivity contribution < 1.29 is 9.53 Å². The standard InChI is InChI=1S/C25H25Cl2N5O2.CH4/c1-25(2,28)24(33)29-21(15-34-14-16-8-4-3-5-9-16)23-31-30-22-19(12-17(26)13-32(22)23)18-10-6-7-11-20(18)27;/h3-13,21H,14-15,28H2,1-2H3,(H,29,33);1H4/t21-;/m1./s1. The number of ether oxygens (including phenoxy) is 1. The molecule has 0 aliphatic rings. The maximum absolute atomic E-state index is 12.7. The Balaban J connectivity index is 0.00000342. The quantitative estimate of drug-likeness (QED) is 0.326. The fraction of sp³-hybridized carbons (Fsp3) is 0.269. The van der Waals surface area contributed by atoms with Crippen LogP contribution < -0.4 is 11.1 Å². The van der Waals surface area contributed by atoms with Crippen LogP contribution in [-0.4, -0.2) is 32.7 Å². The Hall–Kier alpha value is -2.97. The van der Waals surface area contributed by atoms with E-state index >= 15 is 0 Å². The summed E-state index contributed by atoms with van der Waals surface area (Å²) in [6.45, 7) is 3.81. The molecule has 0 aliphatic carbocycles. The molecule has 4 aromatic rings. The van der Waals surface area contributed by atoms with Gasteiger partial charge in [-0.1, -0.05) is 79.2 Å². The molecule has 0 saturated heterocycles. The number of hydrogen-bond acceptors (Lipinski definition) is 5. The predicted octanol–water partition coefficient (Wildman–Crippen LogP) is 5.45. The number of pyridine rings is 1. The summed E-state index contributed by atoms with van der Waals surface area (Å²) in [6.07, 6.45) is 1.70. The van der Waals surface area contributed by atoms with E-state index in [0.717, 1.165) is 16.7 Å². The summed E-state index contributed by atoms with van der Waals surface area (Å²) in [5.41, 5.74) is 8.02. The molecule has 0 spiro atoms. The van der Waals surface area contributed by atoms with Crippen LogP contribution in [0.15, 0.2) is 66.9 Å². The van der Waals surface area contributed by atoms with Crippen LogP contribution >= 0.6 is 23.2 Å². The largest absolute Gasteiger partial charge is 0.374 e. The third kappa shape index (κ3) is 6.18. The van der Waals surface area contributed by atoms with E-state index in [-0.39, 0.29) is 19.9 Å². The van der Waals surface area contributed by atoms with Crippen molar-refractivity contribution in [1.29, 1.82) is 0 Å². The first-order valence-electron chi connectivity index (χ1n) is 10.7. The fourth-order valence-corrected chi connectivity index (χ4v) is 3.93. The van der Waals surface area contributed by atoms with E-state index < -0.39 is 11.6 Å². The molecule has 0 bridgehead atoms. The van der Waals surface area contributed by atoms with Crippen LogP contribution in [0.5, 0.6) is 0 Å². The van der Waals surface area contributed by atoms with E-state index in [0.29, 0.717) is 28.1 Å². The predicted molar refractivity (Wildman–Crippen MR) is 140 cm³/mol. The summed E-state index contributed by atoms with van der Waals surface area (Å²) < 4.78 is 7.69. The number of nitrogens with two attached hydrogens (primary N) is 1. The molecule has 0 fully saturated rings. The molecule has 7 nitrogen and oxygen atoms in total. The summed E-state index contributed by atoms with van der Waals surface area (Å²) in [5.74, 6) is 0.127. The van der Waals surface area contributed by atoms with Gasteiger partial charge in [-0.15, -0.1) is 10.2 Å². The van der Waals surface area contributed by atoms with Crippen molar-refractivity contribution >= 4 is 34.8 Å². The summed E-state index contributed by atoms with van der Waals surface area (Å²) in [7, 11) is 0. The van der Waals surface area contributed by atoms with Crippen molar-refractivity contribution in [2.24, 2.45) is 5.73 Å². The second kappa shape index (κ2) is 11.2. The number of nitrogens with zero attached hydrogens (tertiary/aromatic N) is 3. The molecule has 4 rings (SSSR count). The van der Waals surface area contributed by atoms with Crippen molar-refractivity contribution in [1.82, 2.24) is 19.9 Å². The molecular formula is C26H29Cl2N5O2. The van der Waals surface area contributed by atoms with Gasteiger partial charge in [-0.25, -0.2) is 0 Å². The minimum atomic E-state index is -1.08. The Kier molecular flexibility index (Phi) is 8.51. The van der Waals surface area contributed by atoms with Gasteiger partial charge in [-0.3, -0.25) is 9.20 Å². The first-order valence-corrected chi connectivity index (χ1v) is 11.5. The normalized spacial score (nSPS) is 12.3. The van der Waals surface area contributed by atoms with E-state index in [2.05, 4.69) is 15.5 Å². The molecule has 2 aromatic carbocycles. The highest BCUT2D eigenvalue weighted by molar-refractivity contribution is 6.34. The lowest BCUT2D eigenvalue weighted by Gasteiger charge is -2.23. The van der Waals surface area contributed by atoms with Crippen molar-refractivity contribution in [3.05, 3.63) is 88.3 Å². The fourth-order valence-electron chi connectivity index (χ4n) is 3.49. The van der Waals surface area contributed by atoms with Crippen LogP contribution in [0.3, 0.4) is 0 Å². The van der Waals surface area contributed by atoms with Crippen LogP contribution in [0.25, 0.3) is 16.8 Å². The molecule has 35 heavy (non-hydrogen) atoms. The van der Waals surface area contributed by atoms with Gasteiger partial charge in [0.05, 0.1) is 23.8 Å². The second-order valence-corrected chi connectivity index (χ2v) is 9.40. The van der Waals surface area contributed by atoms with Crippen molar-refractivity contribution in [3.63, 3.8) is 0 Å². The van der Waals surface area contributed by atoms with Crippen LogP contribution in [0, 0.1) is 0 Å². The Morgan fingerprint density at radius 3 is 2.46 bits per heavy atom. The number of benzene rings is 2. The Morgan fingerprint density at radius 2 is 1.77 bits per heavy atom. The maximum Gasteiger partial charge on any atom is 0.240 e. The van der Waals surface area contributed by atoms with Gasteiger partial charge < -0.3 is 15.8 Å². The number of carbonyl (C=O) groups is 1. The van der Waals surface area contributed by atoms with E-state index in [1.807, 2.05) is 48.5 Å². The summed E-state index contributed by atoms with van der Waals surface area (Å²) in [4.78, 5) is 12.7. The minimum Gasteiger partial charge on any atom is -0.374 e. The first-order chi connectivity index (χ1) is 16.2. The number of nitrogens with one attached hydrogen (secondary N) is 1. The second-order valence-electron chi connectivity index (χ2n) is 8.55. The first kappa shape index (κ1) is 26.6. The topological polar surface area (TPSA) is 94.5 Å². The molecule has 1 atom stereocenters. The van der Waals surface area contributed by atoms with Crippen LogP contribution in [0.4, 0.5) is 0 Å². The number of halogens is 2. The number of hydrogen-bond donors (Lipinski definition) is 2. The molecule has 0 radical (unpaired) electrons. The molecule has 3 N–H and O–H groups in total. The van der Waals surface area contributed by atoms with Crippen LogP contribution in [0.1, 0.15) is 38.7 Å². The Morgan fingerprint density at radius 1 is 1.09 bits per heavy atom. The van der Waals surface area contributed by atoms with E-state index in [4.69, 9.17) is 33.7 Å². The smallest absolute Gasteiger partial charge is 0.240 e. The molecule has 2 aromatic heterocycles. The van der Waals surface area contributed by atoms with Crippen molar-refractivity contribution in [3.8, 4) is 11.1 Å². The zero-order valence-corrected chi connectivity index (χ0v) is 20.3. The van der Waals surface area contributed by atoms with E-state index in [9.17, 15) is 4.79 Å². The van der Waals surface area contributed by atoms with Gasteiger partial charge in [0.2, 0.25) is 5.91 Å².